The van der Waals surface area contributed by atoms with Gasteiger partial charge in [-0.05, 0) is 64.9 Å². The Balaban J connectivity index is 2.22. The van der Waals surface area contributed by atoms with Crippen LogP contribution in [0.1, 0.15) is 16.7 Å². The average Bonchev–Trinajstić information content (AvgIpc) is 2.40. The summed E-state index contributed by atoms with van der Waals surface area (Å²) in [6.45, 7) is 1.93. The lowest BCUT2D eigenvalue weighted by molar-refractivity contribution is -0.138. The fourth-order valence-electron chi connectivity index (χ4n) is 1.87. The Kier molecular flexibility index (Phi) is 4.75. The van der Waals surface area contributed by atoms with Gasteiger partial charge in [-0.3, -0.25) is 0 Å². The first kappa shape index (κ1) is 16.1. The number of halogens is 5. The number of anilines is 1. The van der Waals surface area contributed by atoms with Crippen LogP contribution in [-0.2, 0) is 12.7 Å². The summed E-state index contributed by atoms with van der Waals surface area (Å²) in [5, 5.41) is 2.93. The second-order valence-electron chi connectivity index (χ2n) is 4.62. The molecule has 0 saturated carbocycles. The summed E-state index contributed by atoms with van der Waals surface area (Å²) in [6.07, 6.45) is -4.57. The van der Waals surface area contributed by atoms with Gasteiger partial charge in [0.15, 0.2) is 0 Å². The Morgan fingerprint density at radius 3 is 2.43 bits per heavy atom. The third kappa shape index (κ3) is 4.09. The Bertz CT molecular complexity index is 653. The van der Waals surface area contributed by atoms with E-state index < -0.39 is 17.6 Å². The molecule has 112 valence electrons. The van der Waals surface area contributed by atoms with Crippen molar-refractivity contribution in [2.45, 2.75) is 19.6 Å². The highest BCUT2D eigenvalue weighted by atomic mass is 127. The van der Waals surface area contributed by atoms with Gasteiger partial charge in [-0.25, -0.2) is 4.39 Å². The van der Waals surface area contributed by atoms with E-state index in [1.807, 2.05) is 19.1 Å². The topological polar surface area (TPSA) is 12.0 Å². The summed E-state index contributed by atoms with van der Waals surface area (Å²) in [5.41, 5.74) is 0.887. The molecule has 0 bridgehead atoms. The molecule has 2 rings (SSSR count). The van der Waals surface area contributed by atoms with Crippen LogP contribution in [0.25, 0.3) is 0 Å². The van der Waals surface area contributed by atoms with E-state index in [9.17, 15) is 17.6 Å². The standard InChI is InChI=1S/C15H12F4IN/c1-9-2-5-12(7-14(9)20)21-8-10-3-4-11(16)6-13(10)15(17,18)19/h2-7,21H,8H2,1H3. The van der Waals surface area contributed by atoms with Crippen LogP contribution in [0.5, 0.6) is 0 Å². The maximum Gasteiger partial charge on any atom is 0.416 e. The van der Waals surface area contributed by atoms with Crippen LogP contribution >= 0.6 is 22.6 Å². The van der Waals surface area contributed by atoms with E-state index in [-0.39, 0.29) is 12.1 Å². The fraction of sp³-hybridized carbons (Fsp3) is 0.200. The van der Waals surface area contributed by atoms with Gasteiger partial charge in [-0.15, -0.1) is 0 Å². The number of hydrogen-bond acceptors (Lipinski definition) is 1. The minimum atomic E-state index is -4.57. The maximum absolute atomic E-state index is 13.0. The third-order valence-electron chi connectivity index (χ3n) is 3.03. The Labute approximate surface area is 133 Å². The fourth-order valence-corrected chi connectivity index (χ4v) is 2.38. The molecule has 0 unspecified atom stereocenters. The zero-order chi connectivity index (χ0) is 15.6. The highest BCUT2D eigenvalue weighted by Gasteiger charge is 2.33. The molecular formula is C15H12F4IN. The summed E-state index contributed by atoms with van der Waals surface area (Å²) >= 11 is 2.16. The maximum atomic E-state index is 13.0. The summed E-state index contributed by atoms with van der Waals surface area (Å²) in [7, 11) is 0. The summed E-state index contributed by atoms with van der Waals surface area (Å²) in [6, 6.07) is 8.26. The van der Waals surface area contributed by atoms with Crippen molar-refractivity contribution in [1.82, 2.24) is 0 Å². The third-order valence-corrected chi connectivity index (χ3v) is 4.19. The van der Waals surface area contributed by atoms with E-state index >= 15 is 0 Å². The summed E-state index contributed by atoms with van der Waals surface area (Å²) < 4.78 is 52.7. The van der Waals surface area contributed by atoms with Crippen molar-refractivity contribution in [3.8, 4) is 0 Å². The number of nitrogens with one attached hydrogen (secondary N) is 1. The van der Waals surface area contributed by atoms with Crippen LogP contribution in [0.2, 0.25) is 0 Å². The minimum absolute atomic E-state index is 0.0134. The second-order valence-corrected chi connectivity index (χ2v) is 5.78. The molecule has 2 aromatic rings. The number of aryl methyl sites for hydroxylation is 1. The predicted octanol–water partition coefficient (Wildman–Crippen LogP) is 5.37. The molecule has 0 aromatic heterocycles. The molecule has 0 aliphatic heterocycles. The molecule has 0 saturated heterocycles. The number of alkyl halides is 3. The van der Waals surface area contributed by atoms with Gasteiger partial charge in [-0.1, -0.05) is 12.1 Å². The first-order chi connectivity index (χ1) is 9.77. The molecule has 0 radical (unpaired) electrons. The van der Waals surface area contributed by atoms with E-state index in [4.69, 9.17) is 0 Å². The van der Waals surface area contributed by atoms with Crippen LogP contribution in [-0.4, -0.2) is 0 Å². The molecule has 6 heteroatoms. The Morgan fingerprint density at radius 2 is 1.81 bits per heavy atom. The van der Waals surface area contributed by atoms with Crippen molar-refractivity contribution >= 4 is 28.3 Å². The van der Waals surface area contributed by atoms with E-state index in [1.54, 1.807) is 6.07 Å². The van der Waals surface area contributed by atoms with Crippen molar-refractivity contribution in [1.29, 1.82) is 0 Å². The van der Waals surface area contributed by atoms with Crippen molar-refractivity contribution in [2.75, 3.05) is 5.32 Å². The van der Waals surface area contributed by atoms with Crippen molar-refractivity contribution in [2.24, 2.45) is 0 Å². The average molecular weight is 409 g/mol. The van der Waals surface area contributed by atoms with Gasteiger partial charge in [0.05, 0.1) is 5.56 Å². The lowest BCUT2D eigenvalue weighted by atomic mass is 10.1. The highest BCUT2D eigenvalue weighted by Crippen LogP contribution is 2.33. The molecular weight excluding hydrogens is 397 g/mol. The van der Waals surface area contributed by atoms with Gasteiger partial charge >= 0.3 is 6.18 Å². The number of benzene rings is 2. The number of hydrogen-bond donors (Lipinski definition) is 1. The van der Waals surface area contributed by atoms with E-state index in [0.717, 1.165) is 27.0 Å². The van der Waals surface area contributed by atoms with Gasteiger partial charge in [-0.2, -0.15) is 13.2 Å². The van der Waals surface area contributed by atoms with Gasteiger partial charge < -0.3 is 5.32 Å². The minimum Gasteiger partial charge on any atom is -0.381 e. The molecule has 0 fully saturated rings. The quantitative estimate of drug-likeness (QED) is 0.531. The van der Waals surface area contributed by atoms with Crippen LogP contribution in [0.15, 0.2) is 36.4 Å². The summed E-state index contributed by atoms with van der Waals surface area (Å²) in [4.78, 5) is 0. The molecule has 1 nitrogen and oxygen atoms in total. The number of rotatable bonds is 3. The van der Waals surface area contributed by atoms with Crippen LogP contribution in [0, 0.1) is 16.3 Å². The van der Waals surface area contributed by atoms with Gasteiger partial charge in [0.2, 0.25) is 0 Å². The lowest BCUT2D eigenvalue weighted by Gasteiger charge is -2.14. The molecule has 0 spiro atoms. The van der Waals surface area contributed by atoms with Gasteiger partial charge in [0.1, 0.15) is 5.82 Å². The van der Waals surface area contributed by atoms with Crippen molar-refractivity contribution < 1.29 is 17.6 Å². The Morgan fingerprint density at radius 1 is 1.10 bits per heavy atom. The largest absolute Gasteiger partial charge is 0.416 e. The second kappa shape index (κ2) is 6.21. The zero-order valence-electron chi connectivity index (χ0n) is 11.1. The molecule has 0 aliphatic carbocycles. The van der Waals surface area contributed by atoms with E-state index in [2.05, 4.69) is 27.9 Å². The van der Waals surface area contributed by atoms with E-state index in [0.29, 0.717) is 6.07 Å². The summed E-state index contributed by atoms with van der Waals surface area (Å²) in [5.74, 6) is -0.893. The zero-order valence-corrected chi connectivity index (χ0v) is 13.2. The molecule has 2 aromatic carbocycles. The smallest absolute Gasteiger partial charge is 0.381 e. The molecule has 1 N–H and O–H groups in total. The first-order valence-electron chi connectivity index (χ1n) is 6.13. The van der Waals surface area contributed by atoms with Gasteiger partial charge in [0.25, 0.3) is 0 Å². The molecule has 0 atom stereocenters. The molecule has 21 heavy (non-hydrogen) atoms. The Hall–Kier alpha value is -1.31. The normalized spacial score (nSPS) is 11.5. The van der Waals surface area contributed by atoms with E-state index in [1.165, 1.54) is 0 Å². The predicted molar refractivity (Wildman–Crippen MR) is 82.6 cm³/mol. The molecule has 0 heterocycles. The monoisotopic (exact) mass is 409 g/mol. The lowest BCUT2D eigenvalue weighted by Crippen LogP contribution is -2.12. The molecule has 0 amide bonds. The first-order valence-corrected chi connectivity index (χ1v) is 7.21. The molecule has 0 aliphatic rings. The van der Waals surface area contributed by atoms with Gasteiger partial charge in [0, 0.05) is 15.8 Å². The van der Waals surface area contributed by atoms with Crippen LogP contribution in [0.3, 0.4) is 0 Å². The van der Waals surface area contributed by atoms with Crippen LogP contribution < -0.4 is 5.32 Å². The van der Waals surface area contributed by atoms with Crippen LogP contribution in [0.4, 0.5) is 23.2 Å². The van der Waals surface area contributed by atoms with Crippen molar-refractivity contribution in [3.63, 3.8) is 0 Å². The highest BCUT2D eigenvalue weighted by molar-refractivity contribution is 14.1. The van der Waals surface area contributed by atoms with Crippen molar-refractivity contribution in [3.05, 3.63) is 62.5 Å². The SMILES string of the molecule is Cc1ccc(NCc2ccc(F)cc2C(F)(F)F)cc1I.